The molecule has 134 valence electrons. The van der Waals surface area contributed by atoms with Crippen LogP contribution in [0, 0.1) is 19.8 Å². The third-order valence-corrected chi connectivity index (χ3v) is 4.81. The molecule has 0 aliphatic carbocycles. The highest BCUT2D eigenvalue weighted by Crippen LogP contribution is 2.18. The van der Waals surface area contributed by atoms with Crippen LogP contribution in [0.3, 0.4) is 0 Å². The maximum absolute atomic E-state index is 5.45. The van der Waals surface area contributed by atoms with Crippen molar-refractivity contribution in [3.05, 3.63) is 34.9 Å². The largest absolute Gasteiger partial charge is 0.381 e. The van der Waals surface area contributed by atoms with Crippen molar-refractivity contribution in [2.45, 2.75) is 46.6 Å². The average Bonchev–Trinajstić information content (AvgIpc) is 2.58. The van der Waals surface area contributed by atoms with Crippen molar-refractivity contribution in [1.29, 1.82) is 0 Å². The molecule has 0 radical (unpaired) electrons. The first-order chi connectivity index (χ1) is 11.6. The lowest BCUT2D eigenvalue weighted by Gasteiger charge is -2.27. The molecule has 1 N–H and O–H groups in total. The summed E-state index contributed by atoms with van der Waals surface area (Å²) in [6, 6.07) is 6.59. The van der Waals surface area contributed by atoms with Crippen LogP contribution in [0.25, 0.3) is 0 Å². The van der Waals surface area contributed by atoms with E-state index in [1.807, 2.05) is 0 Å². The smallest absolute Gasteiger partial charge is 0.193 e. The minimum absolute atomic E-state index is 0.732. The SMILES string of the molecule is CCNC(=NCc1ccc(C)cc1C)N(C)CCC1CCOCC1. The zero-order valence-corrected chi connectivity index (χ0v) is 15.8. The van der Waals surface area contributed by atoms with Gasteiger partial charge < -0.3 is 15.0 Å². The van der Waals surface area contributed by atoms with Crippen molar-refractivity contribution >= 4 is 5.96 Å². The van der Waals surface area contributed by atoms with Gasteiger partial charge in [0.15, 0.2) is 5.96 Å². The second-order valence-corrected chi connectivity index (χ2v) is 6.87. The Morgan fingerprint density at radius 1 is 1.29 bits per heavy atom. The van der Waals surface area contributed by atoms with E-state index >= 15 is 0 Å². The van der Waals surface area contributed by atoms with E-state index in [9.17, 15) is 0 Å². The third-order valence-electron chi connectivity index (χ3n) is 4.81. The third kappa shape index (κ3) is 5.82. The molecule has 0 amide bonds. The number of guanidine groups is 1. The highest BCUT2D eigenvalue weighted by Gasteiger charge is 2.15. The molecule has 1 aliphatic rings. The molecule has 0 spiro atoms. The van der Waals surface area contributed by atoms with Gasteiger partial charge in [0.25, 0.3) is 0 Å². The quantitative estimate of drug-likeness (QED) is 0.640. The van der Waals surface area contributed by atoms with Gasteiger partial charge in [0.05, 0.1) is 6.54 Å². The maximum Gasteiger partial charge on any atom is 0.193 e. The van der Waals surface area contributed by atoms with Crippen LogP contribution in [0.4, 0.5) is 0 Å². The molecule has 0 bridgehead atoms. The highest BCUT2D eigenvalue weighted by molar-refractivity contribution is 5.79. The Morgan fingerprint density at radius 3 is 2.71 bits per heavy atom. The Hall–Kier alpha value is -1.55. The van der Waals surface area contributed by atoms with Gasteiger partial charge in [-0.3, -0.25) is 0 Å². The fraction of sp³-hybridized carbons (Fsp3) is 0.650. The van der Waals surface area contributed by atoms with Gasteiger partial charge in [-0.1, -0.05) is 23.8 Å². The van der Waals surface area contributed by atoms with E-state index in [-0.39, 0.29) is 0 Å². The predicted molar refractivity (Wildman–Crippen MR) is 102 cm³/mol. The Morgan fingerprint density at radius 2 is 2.04 bits per heavy atom. The number of ether oxygens (including phenoxy) is 1. The lowest BCUT2D eigenvalue weighted by atomic mass is 9.96. The monoisotopic (exact) mass is 331 g/mol. The van der Waals surface area contributed by atoms with Crippen LogP contribution in [0.5, 0.6) is 0 Å². The number of hydrogen-bond acceptors (Lipinski definition) is 2. The van der Waals surface area contributed by atoms with Gasteiger partial charge in [-0.2, -0.15) is 0 Å². The molecule has 2 rings (SSSR count). The molecule has 1 saturated heterocycles. The summed E-state index contributed by atoms with van der Waals surface area (Å²) >= 11 is 0. The van der Waals surface area contributed by atoms with Gasteiger partial charge in [-0.25, -0.2) is 4.99 Å². The number of hydrogen-bond donors (Lipinski definition) is 1. The number of aliphatic imine (C=N–C) groups is 1. The van der Waals surface area contributed by atoms with Gasteiger partial charge in [0.2, 0.25) is 0 Å². The molecule has 1 aromatic carbocycles. The van der Waals surface area contributed by atoms with E-state index in [4.69, 9.17) is 9.73 Å². The van der Waals surface area contributed by atoms with Crippen molar-refractivity contribution in [3.63, 3.8) is 0 Å². The van der Waals surface area contributed by atoms with Crippen LogP contribution in [0.1, 0.15) is 42.9 Å². The van der Waals surface area contributed by atoms with Crippen LogP contribution in [-0.4, -0.2) is 44.2 Å². The van der Waals surface area contributed by atoms with Gasteiger partial charge in [-0.05, 0) is 57.1 Å². The van der Waals surface area contributed by atoms with Crippen molar-refractivity contribution < 1.29 is 4.74 Å². The molecule has 1 aromatic rings. The van der Waals surface area contributed by atoms with Crippen molar-refractivity contribution in [3.8, 4) is 0 Å². The van der Waals surface area contributed by atoms with Gasteiger partial charge in [0.1, 0.15) is 0 Å². The van der Waals surface area contributed by atoms with E-state index in [0.717, 1.165) is 44.7 Å². The molecule has 4 nitrogen and oxygen atoms in total. The van der Waals surface area contributed by atoms with Crippen LogP contribution in [-0.2, 0) is 11.3 Å². The Labute approximate surface area is 147 Å². The summed E-state index contributed by atoms with van der Waals surface area (Å²) in [4.78, 5) is 7.11. The van der Waals surface area contributed by atoms with E-state index in [1.165, 1.54) is 36.0 Å². The standard InChI is InChI=1S/C20H33N3O/c1-5-21-20(22-15-19-7-6-16(2)14-17(19)3)23(4)11-8-18-9-12-24-13-10-18/h6-7,14,18H,5,8-13,15H2,1-4H3,(H,21,22). The fourth-order valence-corrected chi connectivity index (χ4v) is 3.17. The molecule has 1 fully saturated rings. The minimum Gasteiger partial charge on any atom is -0.381 e. The molecule has 1 heterocycles. The van der Waals surface area contributed by atoms with Gasteiger partial charge in [0, 0.05) is 33.4 Å². The molecule has 4 heteroatoms. The van der Waals surface area contributed by atoms with E-state index in [2.05, 4.69) is 56.2 Å². The second-order valence-electron chi connectivity index (χ2n) is 6.87. The summed E-state index contributed by atoms with van der Waals surface area (Å²) in [6.07, 6.45) is 3.61. The molecule has 0 atom stereocenters. The van der Waals surface area contributed by atoms with Crippen molar-refractivity contribution in [2.75, 3.05) is 33.4 Å². The summed E-state index contributed by atoms with van der Waals surface area (Å²) < 4.78 is 5.45. The molecular weight excluding hydrogens is 298 g/mol. The molecule has 24 heavy (non-hydrogen) atoms. The summed E-state index contributed by atoms with van der Waals surface area (Å²) in [7, 11) is 2.14. The minimum atomic E-state index is 0.732. The number of rotatable bonds is 6. The number of nitrogens with zero attached hydrogens (tertiary/aromatic N) is 2. The van der Waals surface area contributed by atoms with Crippen LogP contribution >= 0.6 is 0 Å². The lowest BCUT2D eigenvalue weighted by molar-refractivity contribution is 0.0625. The number of benzene rings is 1. The number of aryl methyl sites for hydroxylation is 2. The van der Waals surface area contributed by atoms with E-state index in [0.29, 0.717) is 0 Å². The summed E-state index contributed by atoms with van der Waals surface area (Å²) in [5, 5.41) is 3.42. The summed E-state index contributed by atoms with van der Waals surface area (Å²) in [5.74, 6) is 1.80. The topological polar surface area (TPSA) is 36.9 Å². The number of nitrogens with one attached hydrogen (secondary N) is 1. The Balaban J connectivity index is 1.93. The highest BCUT2D eigenvalue weighted by atomic mass is 16.5. The first kappa shape index (κ1) is 18.8. The first-order valence-electron chi connectivity index (χ1n) is 9.23. The average molecular weight is 332 g/mol. The predicted octanol–water partition coefficient (Wildman–Crippen LogP) is 3.52. The fourth-order valence-electron chi connectivity index (χ4n) is 3.17. The van der Waals surface area contributed by atoms with Crippen LogP contribution < -0.4 is 5.32 Å². The Bertz CT molecular complexity index is 536. The van der Waals surface area contributed by atoms with E-state index < -0.39 is 0 Å². The molecule has 0 aromatic heterocycles. The lowest BCUT2D eigenvalue weighted by Crippen LogP contribution is -2.40. The van der Waals surface area contributed by atoms with Crippen molar-refractivity contribution in [1.82, 2.24) is 10.2 Å². The maximum atomic E-state index is 5.45. The van der Waals surface area contributed by atoms with E-state index in [1.54, 1.807) is 0 Å². The molecular formula is C20H33N3O. The van der Waals surface area contributed by atoms with Crippen molar-refractivity contribution in [2.24, 2.45) is 10.9 Å². The molecule has 1 aliphatic heterocycles. The normalized spacial score (nSPS) is 16.2. The molecule has 0 unspecified atom stereocenters. The Kier molecular flexibility index (Phi) is 7.57. The summed E-state index contributed by atoms with van der Waals surface area (Å²) in [6.45, 7) is 10.9. The summed E-state index contributed by atoms with van der Waals surface area (Å²) in [5.41, 5.74) is 3.93. The molecule has 0 saturated carbocycles. The second kappa shape index (κ2) is 9.67. The zero-order valence-electron chi connectivity index (χ0n) is 15.8. The van der Waals surface area contributed by atoms with Crippen LogP contribution in [0.2, 0.25) is 0 Å². The van der Waals surface area contributed by atoms with Gasteiger partial charge in [-0.15, -0.1) is 0 Å². The van der Waals surface area contributed by atoms with Crippen LogP contribution in [0.15, 0.2) is 23.2 Å². The van der Waals surface area contributed by atoms with Gasteiger partial charge >= 0.3 is 0 Å². The first-order valence-corrected chi connectivity index (χ1v) is 9.23. The zero-order chi connectivity index (χ0) is 17.4.